The molecule has 3 aromatic heterocycles. The van der Waals surface area contributed by atoms with Gasteiger partial charge in [-0.25, -0.2) is 9.97 Å². The van der Waals surface area contributed by atoms with Crippen molar-refractivity contribution in [3.05, 3.63) is 193 Å². The molecule has 64 heavy (non-hydrogen) atoms. The molecule has 0 amide bonds. The lowest BCUT2D eigenvalue weighted by molar-refractivity contribution is 0.332. The Morgan fingerprint density at radius 3 is 1.69 bits per heavy atom. The molecule has 0 bridgehead atoms. The Morgan fingerprint density at radius 1 is 0.391 bits per heavy atom. The van der Waals surface area contributed by atoms with E-state index in [1.54, 1.807) is 0 Å². The summed E-state index contributed by atoms with van der Waals surface area (Å²) in [6.07, 6.45) is 2.33. The van der Waals surface area contributed by atoms with E-state index in [0.29, 0.717) is 5.95 Å². The van der Waals surface area contributed by atoms with Crippen molar-refractivity contribution in [2.75, 3.05) is 0 Å². The highest BCUT2D eigenvalue weighted by atomic mass is 15.2. The van der Waals surface area contributed by atoms with Gasteiger partial charge in [-0.2, -0.15) is 0 Å². The number of para-hydroxylation sites is 2. The minimum absolute atomic E-state index is 0.0697. The van der Waals surface area contributed by atoms with Gasteiger partial charge in [0.2, 0.25) is 5.95 Å². The number of hydrogen-bond donors (Lipinski definition) is 0. The van der Waals surface area contributed by atoms with Crippen LogP contribution < -0.4 is 0 Å². The molecule has 13 rings (SSSR count). The number of benzene rings is 9. The second-order valence-corrected chi connectivity index (χ2v) is 19.2. The Kier molecular flexibility index (Phi) is 7.80. The maximum absolute atomic E-state index is 5.67. The second-order valence-electron chi connectivity index (χ2n) is 19.2. The van der Waals surface area contributed by atoms with Gasteiger partial charge in [0.15, 0.2) is 0 Å². The maximum Gasteiger partial charge on any atom is 0.235 e. The number of fused-ring (bicyclic) bond motifs is 13. The third kappa shape index (κ3) is 5.35. The van der Waals surface area contributed by atoms with Crippen molar-refractivity contribution < 1.29 is 0 Å². The van der Waals surface area contributed by atoms with Gasteiger partial charge in [-0.1, -0.05) is 161 Å². The fourth-order valence-electron chi connectivity index (χ4n) is 11.2. The minimum atomic E-state index is 0.0697. The van der Waals surface area contributed by atoms with Crippen LogP contribution in [0.3, 0.4) is 0 Å². The van der Waals surface area contributed by atoms with E-state index in [1.165, 1.54) is 70.8 Å². The second kappa shape index (κ2) is 13.5. The molecule has 0 saturated heterocycles. The van der Waals surface area contributed by atoms with Crippen LogP contribution in [0, 0.1) is 0 Å². The summed E-state index contributed by atoms with van der Waals surface area (Å²) in [6.45, 7) is 9.72. The molecule has 0 atom stereocenters. The van der Waals surface area contributed by atoms with Gasteiger partial charge >= 0.3 is 0 Å². The number of nitrogens with zero attached hydrogens (tertiary/aromatic N) is 4. The fourth-order valence-corrected chi connectivity index (χ4v) is 11.2. The predicted molar refractivity (Wildman–Crippen MR) is 269 cm³/mol. The van der Waals surface area contributed by atoms with Gasteiger partial charge in [-0.15, -0.1) is 0 Å². The van der Waals surface area contributed by atoms with Crippen molar-refractivity contribution in [2.45, 2.75) is 51.4 Å². The summed E-state index contributed by atoms with van der Waals surface area (Å²) in [7, 11) is 0. The molecule has 12 aromatic rings. The Hall–Kier alpha value is -7.56. The molecule has 9 aromatic carbocycles. The van der Waals surface area contributed by atoms with E-state index < -0.39 is 0 Å². The summed E-state index contributed by atoms with van der Waals surface area (Å²) in [5, 5.41) is 10.8. The quantitative estimate of drug-likeness (QED) is 0.166. The molecule has 4 heteroatoms. The zero-order chi connectivity index (χ0) is 42.9. The van der Waals surface area contributed by atoms with Gasteiger partial charge in [-0.05, 0) is 111 Å². The summed E-state index contributed by atoms with van der Waals surface area (Å²) in [5.74, 6) is 0.653. The Bertz CT molecular complexity index is 3890. The van der Waals surface area contributed by atoms with E-state index >= 15 is 0 Å². The minimum Gasteiger partial charge on any atom is -0.309 e. The highest BCUT2D eigenvalue weighted by molar-refractivity contribution is 6.33. The van der Waals surface area contributed by atoms with Crippen molar-refractivity contribution in [3.8, 4) is 34.0 Å². The lowest BCUT2D eigenvalue weighted by Crippen LogP contribution is -2.33. The van der Waals surface area contributed by atoms with Gasteiger partial charge in [0.05, 0.1) is 33.3 Å². The zero-order valence-electron chi connectivity index (χ0n) is 36.5. The molecule has 1 aliphatic rings. The maximum atomic E-state index is 5.67. The van der Waals surface area contributed by atoms with Crippen molar-refractivity contribution in [3.63, 3.8) is 0 Å². The summed E-state index contributed by atoms with van der Waals surface area (Å²) < 4.78 is 4.88. The summed E-state index contributed by atoms with van der Waals surface area (Å²) in [6, 6.07) is 66.6. The first kappa shape index (κ1) is 37.0. The first-order valence-corrected chi connectivity index (χ1v) is 22.6. The zero-order valence-corrected chi connectivity index (χ0v) is 36.5. The van der Waals surface area contributed by atoms with E-state index in [9.17, 15) is 0 Å². The van der Waals surface area contributed by atoms with Gasteiger partial charge in [-0.3, -0.25) is 4.57 Å². The van der Waals surface area contributed by atoms with Crippen LogP contribution in [-0.2, 0) is 10.8 Å². The largest absolute Gasteiger partial charge is 0.309 e. The van der Waals surface area contributed by atoms with Gasteiger partial charge < -0.3 is 4.57 Å². The summed E-state index contributed by atoms with van der Waals surface area (Å²) in [5.41, 5.74) is 14.0. The van der Waals surface area contributed by atoms with Crippen LogP contribution in [0.2, 0.25) is 0 Å². The third-order valence-electron chi connectivity index (χ3n) is 14.5. The monoisotopic (exact) mass is 822 g/mol. The summed E-state index contributed by atoms with van der Waals surface area (Å²) >= 11 is 0. The molecule has 0 fully saturated rings. The predicted octanol–water partition coefficient (Wildman–Crippen LogP) is 15.8. The Morgan fingerprint density at radius 2 is 0.938 bits per heavy atom. The van der Waals surface area contributed by atoms with E-state index in [4.69, 9.17) is 9.97 Å². The van der Waals surface area contributed by atoms with Crippen LogP contribution in [0.1, 0.15) is 51.7 Å². The first-order valence-electron chi connectivity index (χ1n) is 22.6. The summed E-state index contributed by atoms with van der Waals surface area (Å²) in [4.78, 5) is 11.2. The molecule has 0 N–H and O–H groups in total. The van der Waals surface area contributed by atoms with E-state index in [2.05, 4.69) is 219 Å². The van der Waals surface area contributed by atoms with Crippen LogP contribution in [0.5, 0.6) is 0 Å². The van der Waals surface area contributed by atoms with Gasteiger partial charge in [0, 0.05) is 43.6 Å². The topological polar surface area (TPSA) is 35.6 Å². The number of aromatic nitrogens is 4. The van der Waals surface area contributed by atoms with Crippen LogP contribution in [0.4, 0.5) is 0 Å². The van der Waals surface area contributed by atoms with E-state index in [0.717, 1.165) is 57.3 Å². The average molecular weight is 823 g/mol. The van der Waals surface area contributed by atoms with Crippen molar-refractivity contribution in [1.82, 2.24) is 19.1 Å². The molecule has 3 heterocycles. The molecule has 0 unspecified atom stereocenters. The van der Waals surface area contributed by atoms with Crippen LogP contribution in [-0.4, -0.2) is 19.1 Å². The Balaban J connectivity index is 1.21. The third-order valence-corrected chi connectivity index (χ3v) is 14.5. The number of rotatable bonds is 4. The van der Waals surface area contributed by atoms with Crippen molar-refractivity contribution in [2.24, 2.45) is 0 Å². The molecule has 0 spiro atoms. The van der Waals surface area contributed by atoms with Gasteiger partial charge in [0.1, 0.15) is 0 Å². The normalized spacial score (nSPS) is 14.7. The molecule has 0 radical (unpaired) electrons. The molecular formula is C60H46N4. The standard InChI is InChI=1S/C60H46N4/c1-59(2)30-31-60(3,4)50-35-52-47(34-49(50)59)46-33-48-54(36-53(46)63(52)40-22-9-6-10-23-40)64(57-44-27-14-12-25-42(44)41-24-11-13-26-43(41)55(48)57)58-61-51-29-16-15-28-45(51)56(62-58)39-21-17-20-38(32-39)37-18-7-5-8-19-37/h5-29,32-36H,30-31H2,1-4H3. The lowest BCUT2D eigenvalue weighted by atomic mass is 9.63. The highest BCUT2D eigenvalue weighted by Crippen LogP contribution is 2.50. The Labute approximate surface area is 372 Å². The molecule has 306 valence electrons. The highest BCUT2D eigenvalue weighted by Gasteiger charge is 2.38. The number of hydrogen-bond acceptors (Lipinski definition) is 2. The van der Waals surface area contributed by atoms with Crippen LogP contribution in [0.15, 0.2) is 182 Å². The fraction of sp³-hybridized carbons (Fsp3) is 0.133. The average Bonchev–Trinajstić information content (AvgIpc) is 3.84. The first-order chi connectivity index (χ1) is 31.2. The lowest BCUT2D eigenvalue weighted by Gasteiger charge is -2.42. The van der Waals surface area contributed by atoms with Crippen LogP contribution >= 0.6 is 0 Å². The molecular weight excluding hydrogens is 777 g/mol. The van der Waals surface area contributed by atoms with Crippen LogP contribution in [0.25, 0.3) is 110 Å². The van der Waals surface area contributed by atoms with E-state index in [-0.39, 0.29) is 10.8 Å². The molecule has 4 nitrogen and oxygen atoms in total. The molecule has 0 saturated carbocycles. The molecule has 0 aliphatic heterocycles. The SMILES string of the molecule is CC1(C)CCC(C)(C)c2cc3c(cc21)c1cc2c4c5ccccc5c5ccccc5c4n(-c4nc(-c5cccc(-c6ccccc6)c5)c5ccccc5n4)c2cc1n3-c1ccccc1. The van der Waals surface area contributed by atoms with Crippen molar-refractivity contribution in [1.29, 1.82) is 0 Å². The van der Waals surface area contributed by atoms with E-state index in [1.807, 2.05) is 0 Å². The van der Waals surface area contributed by atoms with Crippen molar-refractivity contribution >= 4 is 76.1 Å². The molecule has 1 aliphatic carbocycles. The van der Waals surface area contributed by atoms with Gasteiger partial charge in [0.25, 0.3) is 0 Å². The smallest absolute Gasteiger partial charge is 0.235 e.